The van der Waals surface area contributed by atoms with Gasteiger partial charge in [-0.25, -0.2) is 0 Å². The molecule has 2 rings (SSSR count). The summed E-state index contributed by atoms with van der Waals surface area (Å²) in [6.45, 7) is 2.25. The number of rotatable bonds is 9. The predicted molar refractivity (Wildman–Crippen MR) is 85.1 cm³/mol. The normalized spacial score (nSPS) is 12.9. The maximum atomic E-state index is 6.52. The maximum absolute atomic E-state index is 6.52. The zero-order valence-corrected chi connectivity index (χ0v) is 13.0. The Morgan fingerprint density at radius 1 is 1.05 bits per heavy atom. The van der Waals surface area contributed by atoms with E-state index in [1.807, 2.05) is 12.1 Å². The number of hydrogen-bond donors (Lipinski definition) is 1. The van der Waals surface area contributed by atoms with E-state index in [1.165, 1.54) is 44.9 Å². The molecular weight excluding hydrogens is 270 g/mol. The number of aromatic amines is 1. The molecule has 3 nitrogen and oxygen atoms in total. The van der Waals surface area contributed by atoms with E-state index in [1.54, 1.807) is 0 Å². The van der Waals surface area contributed by atoms with Crippen molar-refractivity contribution in [3.8, 4) is 0 Å². The highest BCUT2D eigenvalue weighted by molar-refractivity contribution is 6.21. The van der Waals surface area contributed by atoms with Gasteiger partial charge in [0.2, 0.25) is 0 Å². The second kappa shape index (κ2) is 8.25. The van der Waals surface area contributed by atoms with E-state index in [-0.39, 0.29) is 5.38 Å². The fourth-order valence-electron chi connectivity index (χ4n) is 2.58. The average Bonchev–Trinajstić information content (AvgIpc) is 2.94. The first-order chi connectivity index (χ1) is 9.83. The Bertz CT molecular complexity index is 509. The molecule has 0 bridgehead atoms. The molecule has 4 heteroatoms. The number of alkyl halides is 1. The van der Waals surface area contributed by atoms with Gasteiger partial charge in [-0.2, -0.15) is 15.4 Å². The molecule has 0 aliphatic carbocycles. The van der Waals surface area contributed by atoms with Gasteiger partial charge in [0.05, 0.1) is 5.38 Å². The van der Waals surface area contributed by atoms with E-state index in [0.717, 1.165) is 23.0 Å². The van der Waals surface area contributed by atoms with Crippen molar-refractivity contribution >= 4 is 22.6 Å². The van der Waals surface area contributed by atoms with Crippen LogP contribution < -0.4 is 0 Å². The fraction of sp³-hybridized carbons (Fsp3) is 0.625. The lowest BCUT2D eigenvalue weighted by Gasteiger charge is -2.10. The van der Waals surface area contributed by atoms with Crippen molar-refractivity contribution in [1.29, 1.82) is 0 Å². The van der Waals surface area contributed by atoms with Gasteiger partial charge in [-0.15, -0.1) is 11.6 Å². The largest absolute Gasteiger partial charge is 0.197 e. The highest BCUT2D eigenvalue weighted by Crippen LogP contribution is 2.30. The van der Waals surface area contributed by atoms with Gasteiger partial charge in [0, 0.05) is 0 Å². The second-order valence-electron chi connectivity index (χ2n) is 5.42. The summed E-state index contributed by atoms with van der Waals surface area (Å²) in [5, 5.41) is 11.0. The van der Waals surface area contributed by atoms with Gasteiger partial charge in [0.25, 0.3) is 0 Å². The summed E-state index contributed by atoms with van der Waals surface area (Å²) in [4.78, 5) is 0. The fourth-order valence-corrected chi connectivity index (χ4v) is 2.91. The smallest absolute Gasteiger partial charge is 0.117 e. The Balaban J connectivity index is 1.75. The molecule has 0 aliphatic heterocycles. The summed E-state index contributed by atoms with van der Waals surface area (Å²) in [7, 11) is 0. The van der Waals surface area contributed by atoms with Crippen LogP contribution in [0.4, 0.5) is 0 Å². The summed E-state index contributed by atoms with van der Waals surface area (Å²) >= 11 is 6.52. The molecule has 2 aromatic rings. The molecule has 0 radical (unpaired) electrons. The van der Waals surface area contributed by atoms with Crippen LogP contribution in [-0.2, 0) is 0 Å². The summed E-state index contributed by atoms with van der Waals surface area (Å²) in [5.74, 6) is 0. The van der Waals surface area contributed by atoms with Gasteiger partial charge in [0.15, 0.2) is 0 Å². The lowest BCUT2D eigenvalue weighted by Crippen LogP contribution is -1.93. The Hall–Kier alpha value is -1.09. The topological polar surface area (TPSA) is 41.6 Å². The molecule has 0 aliphatic rings. The molecule has 110 valence electrons. The van der Waals surface area contributed by atoms with Crippen molar-refractivity contribution in [3.05, 3.63) is 23.8 Å². The number of halogens is 1. The van der Waals surface area contributed by atoms with Gasteiger partial charge in [0.1, 0.15) is 11.0 Å². The SMILES string of the molecule is CCCCCCCCCC(Cl)c1cccc2n[nH]nc12. The maximum Gasteiger partial charge on any atom is 0.117 e. The summed E-state index contributed by atoms with van der Waals surface area (Å²) in [6.07, 6.45) is 10.2. The Kier molecular flexibility index (Phi) is 6.31. The molecule has 1 aromatic carbocycles. The Labute approximate surface area is 126 Å². The summed E-state index contributed by atoms with van der Waals surface area (Å²) < 4.78 is 0. The van der Waals surface area contributed by atoms with E-state index in [9.17, 15) is 0 Å². The predicted octanol–water partition coefficient (Wildman–Crippen LogP) is 5.38. The second-order valence-corrected chi connectivity index (χ2v) is 5.94. The molecule has 1 N–H and O–H groups in total. The number of fused-ring (bicyclic) bond motifs is 1. The van der Waals surface area contributed by atoms with E-state index < -0.39 is 0 Å². The number of benzene rings is 1. The van der Waals surface area contributed by atoms with E-state index in [0.29, 0.717) is 0 Å². The van der Waals surface area contributed by atoms with Crippen LogP contribution in [0.5, 0.6) is 0 Å². The van der Waals surface area contributed by atoms with Crippen LogP contribution in [0.15, 0.2) is 18.2 Å². The van der Waals surface area contributed by atoms with Crippen LogP contribution in [0.2, 0.25) is 0 Å². The Morgan fingerprint density at radius 2 is 1.80 bits per heavy atom. The minimum Gasteiger partial charge on any atom is -0.197 e. The standard InChI is InChI=1S/C16H24ClN3/c1-2-3-4-5-6-7-8-11-14(17)13-10-9-12-15-16(13)19-20-18-15/h9-10,12,14H,2-8,11H2,1H3,(H,18,19,20). The van der Waals surface area contributed by atoms with Crippen LogP contribution in [0.1, 0.15) is 69.2 Å². The van der Waals surface area contributed by atoms with Crippen molar-refractivity contribution in [2.24, 2.45) is 0 Å². The molecule has 0 amide bonds. The molecular formula is C16H24ClN3. The first-order valence-corrected chi connectivity index (χ1v) is 8.20. The van der Waals surface area contributed by atoms with Crippen LogP contribution in [0.3, 0.4) is 0 Å². The molecule has 1 aromatic heterocycles. The van der Waals surface area contributed by atoms with Crippen molar-refractivity contribution in [2.75, 3.05) is 0 Å². The third-order valence-electron chi connectivity index (χ3n) is 3.78. The number of nitrogens with zero attached hydrogens (tertiary/aromatic N) is 2. The number of aromatic nitrogens is 3. The molecule has 0 saturated carbocycles. The minimum absolute atomic E-state index is 0.0411. The van der Waals surface area contributed by atoms with E-state index >= 15 is 0 Å². The molecule has 1 atom stereocenters. The molecule has 0 spiro atoms. The highest BCUT2D eigenvalue weighted by Gasteiger charge is 2.13. The number of unbranched alkanes of at least 4 members (excludes halogenated alkanes) is 6. The third kappa shape index (κ3) is 4.20. The minimum atomic E-state index is 0.0411. The van der Waals surface area contributed by atoms with Crippen molar-refractivity contribution in [3.63, 3.8) is 0 Å². The van der Waals surface area contributed by atoms with Gasteiger partial charge >= 0.3 is 0 Å². The number of nitrogens with one attached hydrogen (secondary N) is 1. The van der Waals surface area contributed by atoms with Crippen LogP contribution in [0, 0.1) is 0 Å². The molecule has 1 unspecified atom stereocenters. The third-order valence-corrected chi connectivity index (χ3v) is 4.23. The number of H-pyrrole nitrogens is 1. The van der Waals surface area contributed by atoms with Crippen molar-refractivity contribution < 1.29 is 0 Å². The molecule has 0 saturated heterocycles. The first-order valence-electron chi connectivity index (χ1n) is 7.76. The van der Waals surface area contributed by atoms with E-state index in [2.05, 4.69) is 28.4 Å². The summed E-state index contributed by atoms with van der Waals surface area (Å²) in [5.41, 5.74) is 2.91. The number of hydrogen-bond acceptors (Lipinski definition) is 2. The van der Waals surface area contributed by atoms with Crippen LogP contribution in [0.25, 0.3) is 11.0 Å². The molecule has 1 heterocycles. The first kappa shape index (κ1) is 15.3. The lowest BCUT2D eigenvalue weighted by atomic mass is 10.0. The van der Waals surface area contributed by atoms with Crippen molar-refractivity contribution in [1.82, 2.24) is 15.4 Å². The van der Waals surface area contributed by atoms with Gasteiger partial charge < -0.3 is 0 Å². The number of para-hydroxylation sites is 1. The molecule has 0 fully saturated rings. The van der Waals surface area contributed by atoms with E-state index in [4.69, 9.17) is 11.6 Å². The average molecular weight is 294 g/mol. The van der Waals surface area contributed by atoms with Crippen LogP contribution >= 0.6 is 11.6 Å². The zero-order valence-electron chi connectivity index (χ0n) is 12.2. The monoisotopic (exact) mass is 293 g/mol. The lowest BCUT2D eigenvalue weighted by molar-refractivity contribution is 0.572. The highest BCUT2D eigenvalue weighted by atomic mass is 35.5. The van der Waals surface area contributed by atoms with Crippen LogP contribution in [-0.4, -0.2) is 15.4 Å². The Morgan fingerprint density at radius 3 is 2.60 bits per heavy atom. The summed E-state index contributed by atoms with van der Waals surface area (Å²) in [6, 6.07) is 6.02. The van der Waals surface area contributed by atoms with Gasteiger partial charge in [-0.1, -0.05) is 64.0 Å². The zero-order chi connectivity index (χ0) is 14.2. The van der Waals surface area contributed by atoms with Crippen molar-refractivity contribution in [2.45, 2.75) is 63.7 Å². The molecule has 20 heavy (non-hydrogen) atoms. The van der Waals surface area contributed by atoms with Gasteiger partial charge in [-0.05, 0) is 18.1 Å². The quantitative estimate of drug-likeness (QED) is 0.498. The van der Waals surface area contributed by atoms with Gasteiger partial charge in [-0.3, -0.25) is 0 Å².